The number of aliphatic imine (C=N–C) groups is 1. The molecule has 0 aliphatic carbocycles. The second kappa shape index (κ2) is 8.02. The molecule has 0 spiro atoms. The van der Waals surface area contributed by atoms with Crippen LogP contribution in [0.5, 0.6) is 0 Å². The van der Waals surface area contributed by atoms with Gasteiger partial charge < -0.3 is 10.5 Å². The van der Waals surface area contributed by atoms with Gasteiger partial charge in [-0.3, -0.25) is 9.78 Å². The molecule has 0 bridgehead atoms. The summed E-state index contributed by atoms with van der Waals surface area (Å²) in [6.45, 7) is 1.68. The fraction of sp³-hybridized carbons (Fsp3) is 0.222. The standard InChI is InChI=1S/C18H17FN4O2/c1-11(23-18(21)25-2)14-7-12(3-5-15(14)19)8-17(24)16-6-4-13(9-20)10-22-16/h3-7,10-11H,8H2,1-2H3,(H2,21,23). The van der Waals surface area contributed by atoms with E-state index in [0.29, 0.717) is 16.7 Å². The molecule has 0 aliphatic heterocycles. The van der Waals surface area contributed by atoms with Gasteiger partial charge in [0, 0.05) is 18.2 Å². The van der Waals surface area contributed by atoms with Gasteiger partial charge in [-0.1, -0.05) is 12.1 Å². The lowest BCUT2D eigenvalue weighted by atomic mass is 10.0. The highest BCUT2D eigenvalue weighted by molar-refractivity contribution is 5.95. The molecule has 0 saturated heterocycles. The minimum atomic E-state index is -0.553. The van der Waals surface area contributed by atoms with E-state index >= 15 is 0 Å². The van der Waals surface area contributed by atoms with Gasteiger partial charge in [0.15, 0.2) is 5.78 Å². The SMILES string of the molecule is COC(N)=NC(C)c1cc(CC(=O)c2ccc(C#N)cn2)ccc1F. The number of benzene rings is 1. The molecule has 1 unspecified atom stereocenters. The van der Waals surface area contributed by atoms with Crippen molar-refractivity contribution in [2.75, 3.05) is 7.11 Å². The number of nitrogens with two attached hydrogens (primary N) is 1. The smallest absolute Gasteiger partial charge is 0.282 e. The molecule has 6 nitrogen and oxygen atoms in total. The predicted molar refractivity (Wildman–Crippen MR) is 90.4 cm³/mol. The Labute approximate surface area is 144 Å². The van der Waals surface area contributed by atoms with Crippen molar-refractivity contribution >= 4 is 11.8 Å². The monoisotopic (exact) mass is 340 g/mol. The number of pyridine rings is 1. The largest absolute Gasteiger partial charge is 0.469 e. The molecular formula is C18H17FN4O2. The molecule has 2 aromatic rings. The summed E-state index contributed by atoms with van der Waals surface area (Å²) >= 11 is 0. The van der Waals surface area contributed by atoms with Crippen LogP contribution in [-0.4, -0.2) is 23.9 Å². The molecule has 0 amide bonds. The van der Waals surface area contributed by atoms with Crippen LogP contribution < -0.4 is 5.73 Å². The summed E-state index contributed by atoms with van der Waals surface area (Å²) in [6.07, 6.45) is 1.40. The third-order valence-corrected chi connectivity index (χ3v) is 3.58. The lowest BCUT2D eigenvalue weighted by Crippen LogP contribution is -2.15. The van der Waals surface area contributed by atoms with Gasteiger partial charge in [0.2, 0.25) is 0 Å². The minimum Gasteiger partial charge on any atom is -0.469 e. The van der Waals surface area contributed by atoms with Crippen molar-refractivity contribution in [3.8, 4) is 6.07 Å². The average molecular weight is 340 g/mol. The normalized spacial score (nSPS) is 12.3. The van der Waals surface area contributed by atoms with Crippen LogP contribution in [0.25, 0.3) is 0 Å². The number of nitriles is 1. The molecule has 1 heterocycles. The third-order valence-electron chi connectivity index (χ3n) is 3.58. The molecule has 0 fully saturated rings. The van der Waals surface area contributed by atoms with Gasteiger partial charge in [0.05, 0.1) is 18.7 Å². The number of nitrogens with zero attached hydrogens (tertiary/aromatic N) is 3. The summed E-state index contributed by atoms with van der Waals surface area (Å²) in [5.41, 5.74) is 7.08. The van der Waals surface area contributed by atoms with E-state index in [1.54, 1.807) is 13.0 Å². The molecule has 1 atom stereocenters. The number of Topliss-reactive ketones (excluding diaryl/α,β-unsaturated/α-hetero) is 1. The van der Waals surface area contributed by atoms with Crippen LogP contribution in [0, 0.1) is 17.1 Å². The van der Waals surface area contributed by atoms with Crippen molar-refractivity contribution in [1.29, 1.82) is 5.26 Å². The second-order valence-electron chi connectivity index (χ2n) is 5.35. The van der Waals surface area contributed by atoms with Gasteiger partial charge in [-0.15, -0.1) is 0 Å². The molecule has 0 aliphatic rings. The van der Waals surface area contributed by atoms with Crippen molar-refractivity contribution in [2.24, 2.45) is 10.7 Å². The number of ketones is 1. The van der Waals surface area contributed by atoms with Crippen LogP contribution in [0.3, 0.4) is 0 Å². The molecule has 2 N–H and O–H groups in total. The zero-order valence-electron chi connectivity index (χ0n) is 13.9. The van der Waals surface area contributed by atoms with Crippen molar-refractivity contribution in [2.45, 2.75) is 19.4 Å². The highest BCUT2D eigenvalue weighted by Gasteiger charge is 2.14. The number of amidine groups is 1. The van der Waals surface area contributed by atoms with Crippen LogP contribution in [0.4, 0.5) is 4.39 Å². The molecule has 0 radical (unpaired) electrons. The maximum absolute atomic E-state index is 14.0. The molecule has 1 aromatic carbocycles. The lowest BCUT2D eigenvalue weighted by molar-refractivity contribution is 0.0988. The van der Waals surface area contributed by atoms with Crippen molar-refractivity contribution < 1.29 is 13.9 Å². The summed E-state index contributed by atoms with van der Waals surface area (Å²) in [6, 6.07) is 8.77. The number of hydrogen-bond acceptors (Lipinski definition) is 5. The minimum absolute atomic E-state index is 0.0461. The van der Waals surface area contributed by atoms with Gasteiger partial charge >= 0.3 is 0 Å². The first-order chi connectivity index (χ1) is 11.9. The van der Waals surface area contributed by atoms with Gasteiger partial charge in [-0.05, 0) is 30.7 Å². The molecule has 1 aromatic heterocycles. The Hall–Kier alpha value is -3.27. The first kappa shape index (κ1) is 18.1. The number of rotatable bonds is 5. The number of aromatic nitrogens is 1. The Morgan fingerprint density at radius 1 is 1.44 bits per heavy atom. The van der Waals surface area contributed by atoms with Gasteiger partial charge in [0.25, 0.3) is 6.02 Å². The Morgan fingerprint density at radius 3 is 2.80 bits per heavy atom. The highest BCUT2D eigenvalue weighted by Crippen LogP contribution is 2.22. The summed E-state index contributed by atoms with van der Waals surface area (Å²) in [4.78, 5) is 20.3. The van der Waals surface area contributed by atoms with Gasteiger partial charge in [0.1, 0.15) is 17.6 Å². The Kier molecular flexibility index (Phi) is 5.79. The molecule has 7 heteroatoms. The van der Waals surface area contributed by atoms with E-state index in [1.165, 1.54) is 37.6 Å². The maximum Gasteiger partial charge on any atom is 0.282 e. The zero-order chi connectivity index (χ0) is 18.4. The van der Waals surface area contributed by atoms with E-state index in [0.717, 1.165) is 0 Å². The van der Waals surface area contributed by atoms with Gasteiger partial charge in [-0.25, -0.2) is 9.38 Å². The number of carbonyl (C=O) groups excluding carboxylic acids is 1. The van der Waals surface area contributed by atoms with Gasteiger partial charge in [-0.2, -0.15) is 5.26 Å². The van der Waals surface area contributed by atoms with E-state index in [1.807, 2.05) is 6.07 Å². The van der Waals surface area contributed by atoms with E-state index in [9.17, 15) is 9.18 Å². The molecule has 2 rings (SSSR count). The van der Waals surface area contributed by atoms with Crippen LogP contribution in [0.15, 0.2) is 41.5 Å². The number of carbonyl (C=O) groups is 1. The topological polar surface area (TPSA) is 101 Å². The Bertz CT molecular complexity index is 841. The Balaban J connectivity index is 2.21. The zero-order valence-corrected chi connectivity index (χ0v) is 13.9. The maximum atomic E-state index is 14.0. The van der Waals surface area contributed by atoms with E-state index < -0.39 is 11.9 Å². The lowest BCUT2D eigenvalue weighted by Gasteiger charge is -2.11. The fourth-order valence-electron chi connectivity index (χ4n) is 2.24. The Morgan fingerprint density at radius 2 is 2.20 bits per heavy atom. The first-order valence-electron chi connectivity index (χ1n) is 7.49. The van der Waals surface area contributed by atoms with E-state index in [4.69, 9.17) is 15.7 Å². The van der Waals surface area contributed by atoms with Crippen LogP contribution in [0.2, 0.25) is 0 Å². The van der Waals surface area contributed by atoms with E-state index in [2.05, 4.69) is 9.98 Å². The average Bonchev–Trinajstić information content (AvgIpc) is 2.63. The number of hydrogen-bond donors (Lipinski definition) is 1. The quantitative estimate of drug-likeness (QED) is 0.512. The van der Waals surface area contributed by atoms with Crippen molar-refractivity contribution in [3.63, 3.8) is 0 Å². The summed E-state index contributed by atoms with van der Waals surface area (Å²) in [5.74, 6) is -0.664. The third kappa shape index (κ3) is 4.61. The second-order valence-corrected chi connectivity index (χ2v) is 5.35. The number of ether oxygens (including phenoxy) is 1. The fourth-order valence-corrected chi connectivity index (χ4v) is 2.24. The molecule has 128 valence electrons. The molecule has 25 heavy (non-hydrogen) atoms. The van der Waals surface area contributed by atoms with Crippen LogP contribution >= 0.6 is 0 Å². The summed E-state index contributed by atoms with van der Waals surface area (Å²) < 4.78 is 18.8. The number of halogens is 1. The van der Waals surface area contributed by atoms with Crippen LogP contribution in [0.1, 0.15) is 40.1 Å². The van der Waals surface area contributed by atoms with E-state index in [-0.39, 0.29) is 23.9 Å². The molecular weight excluding hydrogens is 323 g/mol. The highest BCUT2D eigenvalue weighted by atomic mass is 19.1. The van der Waals surface area contributed by atoms with Crippen molar-refractivity contribution in [1.82, 2.24) is 4.98 Å². The van der Waals surface area contributed by atoms with Crippen molar-refractivity contribution in [3.05, 3.63) is 64.7 Å². The summed E-state index contributed by atoms with van der Waals surface area (Å²) in [5, 5.41) is 8.75. The predicted octanol–water partition coefficient (Wildman–Crippen LogP) is 2.54. The van der Waals surface area contributed by atoms with Crippen LogP contribution in [-0.2, 0) is 11.2 Å². The molecule has 0 saturated carbocycles. The summed E-state index contributed by atoms with van der Waals surface area (Å²) in [7, 11) is 1.38. The first-order valence-corrected chi connectivity index (χ1v) is 7.49. The number of methoxy groups -OCH3 is 1.